The molecular formula is C18H22N6S. The third kappa shape index (κ3) is 3.92. The van der Waals surface area contributed by atoms with Crippen LogP contribution in [0.2, 0.25) is 0 Å². The fourth-order valence-corrected chi connectivity index (χ4v) is 3.83. The highest BCUT2D eigenvalue weighted by molar-refractivity contribution is 7.98. The summed E-state index contributed by atoms with van der Waals surface area (Å²) in [6.45, 7) is 3.75. The molecule has 3 heterocycles. The summed E-state index contributed by atoms with van der Waals surface area (Å²) in [6.07, 6.45) is 6.50. The van der Waals surface area contributed by atoms with Crippen LogP contribution in [-0.2, 0) is 25.3 Å². The van der Waals surface area contributed by atoms with Crippen molar-refractivity contribution in [2.24, 2.45) is 0 Å². The van der Waals surface area contributed by atoms with Crippen molar-refractivity contribution in [3.05, 3.63) is 53.4 Å². The van der Waals surface area contributed by atoms with Crippen LogP contribution in [0.4, 0.5) is 0 Å². The first-order valence-corrected chi connectivity index (χ1v) is 9.75. The Labute approximate surface area is 151 Å². The molecule has 25 heavy (non-hydrogen) atoms. The van der Waals surface area contributed by atoms with Crippen LogP contribution < -0.4 is 0 Å². The van der Waals surface area contributed by atoms with Gasteiger partial charge in [0.05, 0.1) is 0 Å². The molecule has 4 rings (SSSR count). The van der Waals surface area contributed by atoms with Gasteiger partial charge in [-0.3, -0.25) is 0 Å². The van der Waals surface area contributed by atoms with Crippen molar-refractivity contribution in [2.45, 2.75) is 56.6 Å². The fourth-order valence-electron chi connectivity index (χ4n) is 3.06. The van der Waals surface area contributed by atoms with E-state index in [-0.39, 0.29) is 0 Å². The zero-order chi connectivity index (χ0) is 17.1. The number of rotatable bonds is 5. The van der Waals surface area contributed by atoms with Crippen molar-refractivity contribution in [1.82, 2.24) is 29.5 Å². The summed E-state index contributed by atoms with van der Waals surface area (Å²) in [5.41, 5.74) is 2.57. The Morgan fingerprint density at radius 2 is 1.96 bits per heavy atom. The fraction of sp³-hybridized carbons (Fsp3) is 0.444. The van der Waals surface area contributed by atoms with Gasteiger partial charge in [-0.2, -0.15) is 0 Å². The number of aryl methyl sites for hydroxylation is 2. The molecule has 0 amide bonds. The Morgan fingerprint density at radius 3 is 2.84 bits per heavy atom. The lowest BCUT2D eigenvalue weighted by Crippen LogP contribution is -2.10. The Morgan fingerprint density at radius 1 is 1.08 bits per heavy atom. The van der Waals surface area contributed by atoms with Crippen molar-refractivity contribution in [3.8, 4) is 0 Å². The zero-order valence-corrected chi connectivity index (χ0v) is 15.2. The molecule has 0 atom stereocenters. The van der Waals surface area contributed by atoms with Crippen LogP contribution in [0.3, 0.4) is 0 Å². The molecule has 130 valence electrons. The first kappa shape index (κ1) is 16.3. The highest BCUT2D eigenvalue weighted by Crippen LogP contribution is 2.20. The second kappa shape index (κ2) is 7.39. The minimum atomic E-state index is 0.630. The summed E-state index contributed by atoms with van der Waals surface area (Å²) in [5, 5.41) is 14.1. The number of hydrogen-bond donors (Lipinski definition) is 0. The van der Waals surface area contributed by atoms with Gasteiger partial charge in [0.25, 0.3) is 0 Å². The van der Waals surface area contributed by atoms with Gasteiger partial charge in [-0.15, -0.1) is 15.3 Å². The molecule has 0 N–H and O–H groups in total. The number of nitrogens with zero attached hydrogens (tertiary/aromatic N) is 6. The minimum absolute atomic E-state index is 0.630. The molecule has 0 radical (unpaired) electrons. The van der Waals surface area contributed by atoms with Gasteiger partial charge < -0.3 is 4.57 Å². The van der Waals surface area contributed by atoms with E-state index >= 15 is 0 Å². The quantitative estimate of drug-likeness (QED) is 0.658. The molecule has 0 fully saturated rings. The van der Waals surface area contributed by atoms with Gasteiger partial charge >= 0.3 is 0 Å². The summed E-state index contributed by atoms with van der Waals surface area (Å²) in [5.74, 6) is 2.98. The summed E-state index contributed by atoms with van der Waals surface area (Å²) < 4.78 is 4.12. The Balaban J connectivity index is 1.40. The molecule has 6 nitrogen and oxygen atoms in total. The lowest BCUT2D eigenvalue weighted by atomic mass is 10.2. The lowest BCUT2D eigenvalue weighted by molar-refractivity contribution is 0.563. The van der Waals surface area contributed by atoms with E-state index in [2.05, 4.69) is 56.0 Å². The maximum absolute atomic E-state index is 4.58. The largest absolute Gasteiger partial charge is 0.313 e. The molecule has 0 bridgehead atoms. The average molecular weight is 354 g/mol. The topological polar surface area (TPSA) is 61.4 Å². The van der Waals surface area contributed by atoms with Crippen molar-refractivity contribution >= 4 is 11.8 Å². The van der Waals surface area contributed by atoms with E-state index in [0.717, 1.165) is 35.5 Å². The molecule has 1 aliphatic heterocycles. The molecule has 7 heteroatoms. The van der Waals surface area contributed by atoms with Crippen molar-refractivity contribution in [3.63, 3.8) is 0 Å². The molecule has 0 aliphatic carbocycles. The van der Waals surface area contributed by atoms with Crippen molar-refractivity contribution in [2.75, 3.05) is 0 Å². The van der Waals surface area contributed by atoms with Crippen LogP contribution in [0.25, 0.3) is 0 Å². The summed E-state index contributed by atoms with van der Waals surface area (Å²) >= 11 is 1.66. The normalized spacial score (nSPS) is 14.3. The summed E-state index contributed by atoms with van der Waals surface area (Å²) in [4.78, 5) is 4.42. The standard InChI is InChI=1S/C18H22N6S/c1-14-6-8-15(9-7-14)12-25-18-19-13-23(22-18)11-17-21-20-16-5-3-2-4-10-24(16)17/h6-9,13H,2-5,10-12H2,1H3. The van der Waals surface area contributed by atoms with E-state index in [1.54, 1.807) is 18.1 Å². The second-order valence-corrected chi connectivity index (χ2v) is 7.44. The molecule has 3 aromatic rings. The van der Waals surface area contributed by atoms with E-state index in [0.29, 0.717) is 6.54 Å². The number of thioether (sulfide) groups is 1. The van der Waals surface area contributed by atoms with Gasteiger partial charge in [-0.25, -0.2) is 9.67 Å². The van der Waals surface area contributed by atoms with E-state index in [1.807, 2.05) is 4.68 Å². The van der Waals surface area contributed by atoms with E-state index in [9.17, 15) is 0 Å². The number of fused-ring (bicyclic) bond motifs is 1. The van der Waals surface area contributed by atoms with Gasteiger partial charge in [0.1, 0.15) is 18.7 Å². The first-order chi connectivity index (χ1) is 12.3. The Kier molecular flexibility index (Phi) is 4.83. The molecule has 1 aliphatic rings. The monoisotopic (exact) mass is 354 g/mol. The molecule has 1 aromatic carbocycles. The van der Waals surface area contributed by atoms with Crippen molar-refractivity contribution in [1.29, 1.82) is 0 Å². The van der Waals surface area contributed by atoms with Gasteiger partial charge in [0, 0.05) is 18.7 Å². The highest BCUT2D eigenvalue weighted by atomic mass is 32.2. The van der Waals surface area contributed by atoms with Crippen LogP contribution in [0, 0.1) is 6.92 Å². The third-order valence-corrected chi connectivity index (χ3v) is 5.42. The molecule has 0 saturated heterocycles. The lowest BCUT2D eigenvalue weighted by Gasteiger charge is -2.06. The molecule has 2 aromatic heterocycles. The number of hydrogen-bond acceptors (Lipinski definition) is 5. The molecule has 0 spiro atoms. The van der Waals surface area contributed by atoms with E-state index in [1.165, 1.54) is 30.4 Å². The third-order valence-electron chi connectivity index (χ3n) is 4.49. The van der Waals surface area contributed by atoms with Crippen molar-refractivity contribution < 1.29 is 0 Å². The first-order valence-electron chi connectivity index (χ1n) is 8.77. The number of aromatic nitrogens is 6. The van der Waals surface area contributed by atoms with Crippen LogP contribution in [-0.4, -0.2) is 29.5 Å². The minimum Gasteiger partial charge on any atom is -0.313 e. The van der Waals surface area contributed by atoms with Gasteiger partial charge in [0.15, 0.2) is 5.82 Å². The number of benzene rings is 1. The van der Waals surface area contributed by atoms with Crippen LogP contribution >= 0.6 is 11.8 Å². The maximum Gasteiger partial charge on any atom is 0.208 e. The second-order valence-electron chi connectivity index (χ2n) is 6.49. The van der Waals surface area contributed by atoms with Gasteiger partial charge in [0.2, 0.25) is 5.16 Å². The highest BCUT2D eigenvalue weighted by Gasteiger charge is 2.15. The summed E-state index contributed by atoms with van der Waals surface area (Å²) in [6, 6.07) is 8.59. The van der Waals surface area contributed by atoms with Crippen LogP contribution in [0.5, 0.6) is 0 Å². The molecule has 0 saturated carbocycles. The maximum atomic E-state index is 4.58. The smallest absolute Gasteiger partial charge is 0.208 e. The Hall–Kier alpha value is -2.15. The van der Waals surface area contributed by atoms with Gasteiger partial charge in [-0.05, 0) is 25.3 Å². The van der Waals surface area contributed by atoms with Crippen LogP contribution in [0.15, 0.2) is 35.7 Å². The zero-order valence-electron chi connectivity index (χ0n) is 14.4. The van der Waals surface area contributed by atoms with E-state index < -0.39 is 0 Å². The van der Waals surface area contributed by atoms with Gasteiger partial charge in [-0.1, -0.05) is 48.0 Å². The predicted octanol–water partition coefficient (Wildman–Crippen LogP) is 3.25. The summed E-state index contributed by atoms with van der Waals surface area (Å²) in [7, 11) is 0. The molecular weight excluding hydrogens is 332 g/mol. The molecule has 0 unspecified atom stereocenters. The predicted molar refractivity (Wildman–Crippen MR) is 97.4 cm³/mol. The van der Waals surface area contributed by atoms with E-state index in [4.69, 9.17) is 0 Å². The van der Waals surface area contributed by atoms with Crippen LogP contribution in [0.1, 0.15) is 42.0 Å². The average Bonchev–Trinajstić information content (AvgIpc) is 3.15. The Bertz CT molecular complexity index is 836. The SMILES string of the molecule is Cc1ccc(CSc2ncn(Cc3nnc4n3CCCCC4)n2)cc1.